The predicted molar refractivity (Wildman–Crippen MR) is 95.4 cm³/mol. The van der Waals surface area contributed by atoms with Gasteiger partial charge in [-0.15, -0.1) is 0 Å². The maximum Gasteiger partial charge on any atom is 0.250 e. The van der Waals surface area contributed by atoms with E-state index in [1.807, 2.05) is 0 Å². The van der Waals surface area contributed by atoms with Crippen LogP contribution in [-0.4, -0.2) is 29.6 Å². The van der Waals surface area contributed by atoms with Crippen LogP contribution in [0.3, 0.4) is 0 Å². The Morgan fingerprint density at radius 1 is 1.28 bits per heavy atom. The maximum atomic E-state index is 14.4. The third kappa shape index (κ3) is 4.99. The summed E-state index contributed by atoms with van der Waals surface area (Å²) in [5.74, 6) is -1.95. The van der Waals surface area contributed by atoms with E-state index < -0.39 is 17.6 Å². The number of carbonyl (C=O) groups is 2. The number of rotatable bonds is 6. The summed E-state index contributed by atoms with van der Waals surface area (Å²) in [5.41, 5.74) is 11.7. The molecule has 2 rings (SSSR count). The van der Waals surface area contributed by atoms with Gasteiger partial charge in [-0.05, 0) is 31.9 Å². The standard InChI is InChI=1S/C17H24FN5O2/c1-9(19)6-16(24)23-14-8-15(11(18)7-10(14)17(21)25)22-13-5-3-2-4-12(13)20/h7-8,12-13,19,22H,2-6,20H2,1H3,(H2,21,25)(H,23,24). The minimum atomic E-state index is -0.846. The molecule has 0 heterocycles. The van der Waals surface area contributed by atoms with E-state index in [-0.39, 0.29) is 41.2 Å². The van der Waals surface area contributed by atoms with Crippen molar-refractivity contribution in [1.29, 1.82) is 5.41 Å². The van der Waals surface area contributed by atoms with Crippen molar-refractivity contribution in [1.82, 2.24) is 0 Å². The molecule has 1 aliphatic carbocycles. The number of carbonyl (C=O) groups excluding carboxylic acids is 2. The van der Waals surface area contributed by atoms with Crippen LogP contribution in [0.1, 0.15) is 49.4 Å². The second-order valence-electron chi connectivity index (χ2n) is 6.45. The van der Waals surface area contributed by atoms with Gasteiger partial charge in [-0.2, -0.15) is 0 Å². The topological polar surface area (TPSA) is 134 Å². The van der Waals surface area contributed by atoms with Crippen molar-refractivity contribution >= 4 is 28.9 Å². The van der Waals surface area contributed by atoms with Crippen molar-refractivity contribution in [2.24, 2.45) is 11.5 Å². The zero-order valence-electron chi connectivity index (χ0n) is 14.2. The summed E-state index contributed by atoms with van der Waals surface area (Å²) < 4.78 is 14.4. The van der Waals surface area contributed by atoms with Gasteiger partial charge in [0.15, 0.2) is 0 Å². The molecule has 136 valence electrons. The number of benzene rings is 1. The molecule has 1 fully saturated rings. The lowest BCUT2D eigenvalue weighted by atomic mass is 9.91. The summed E-state index contributed by atoms with van der Waals surface area (Å²) in [6.45, 7) is 1.50. The Labute approximate surface area is 145 Å². The van der Waals surface area contributed by atoms with E-state index >= 15 is 0 Å². The highest BCUT2D eigenvalue weighted by molar-refractivity contribution is 6.08. The number of nitrogens with one attached hydrogen (secondary N) is 3. The largest absolute Gasteiger partial charge is 0.378 e. The summed E-state index contributed by atoms with van der Waals surface area (Å²) >= 11 is 0. The van der Waals surface area contributed by atoms with E-state index in [9.17, 15) is 14.0 Å². The average Bonchev–Trinajstić information content (AvgIpc) is 2.51. The van der Waals surface area contributed by atoms with Gasteiger partial charge in [0.1, 0.15) is 5.82 Å². The van der Waals surface area contributed by atoms with Gasteiger partial charge in [0.25, 0.3) is 5.91 Å². The fourth-order valence-electron chi connectivity index (χ4n) is 2.96. The van der Waals surface area contributed by atoms with Crippen LogP contribution in [0.5, 0.6) is 0 Å². The minimum absolute atomic E-state index is 0.0740. The van der Waals surface area contributed by atoms with Crippen molar-refractivity contribution in [3.05, 3.63) is 23.5 Å². The quantitative estimate of drug-likeness (QED) is 0.502. The van der Waals surface area contributed by atoms with Crippen molar-refractivity contribution in [3.63, 3.8) is 0 Å². The Morgan fingerprint density at radius 2 is 1.96 bits per heavy atom. The Morgan fingerprint density at radius 3 is 2.56 bits per heavy atom. The number of amides is 2. The smallest absolute Gasteiger partial charge is 0.250 e. The minimum Gasteiger partial charge on any atom is -0.378 e. The molecule has 2 atom stereocenters. The predicted octanol–water partition coefficient (Wildman–Crippen LogP) is 1.97. The van der Waals surface area contributed by atoms with Gasteiger partial charge in [-0.3, -0.25) is 9.59 Å². The fourth-order valence-corrected chi connectivity index (χ4v) is 2.96. The molecule has 2 unspecified atom stereocenters. The fraction of sp³-hybridized carbons (Fsp3) is 0.471. The lowest BCUT2D eigenvalue weighted by molar-refractivity contribution is -0.115. The number of primary amides is 1. The molecule has 0 aliphatic heterocycles. The molecule has 1 aliphatic rings. The van der Waals surface area contributed by atoms with Crippen LogP contribution < -0.4 is 22.1 Å². The van der Waals surface area contributed by atoms with Gasteiger partial charge in [0, 0.05) is 17.8 Å². The van der Waals surface area contributed by atoms with Crippen molar-refractivity contribution in [3.8, 4) is 0 Å². The maximum absolute atomic E-state index is 14.4. The monoisotopic (exact) mass is 349 g/mol. The molecule has 25 heavy (non-hydrogen) atoms. The third-order valence-electron chi connectivity index (χ3n) is 4.23. The summed E-state index contributed by atoms with van der Waals surface area (Å²) in [4.78, 5) is 23.5. The molecule has 7 N–H and O–H groups in total. The molecule has 0 bridgehead atoms. The number of anilines is 2. The lowest BCUT2D eigenvalue weighted by Gasteiger charge is -2.30. The molecule has 0 aromatic heterocycles. The second-order valence-corrected chi connectivity index (χ2v) is 6.45. The Balaban J connectivity index is 2.28. The first kappa shape index (κ1) is 18.9. The number of hydrogen-bond donors (Lipinski definition) is 5. The van der Waals surface area contributed by atoms with Crippen LogP contribution in [0.25, 0.3) is 0 Å². The number of hydrogen-bond acceptors (Lipinski definition) is 5. The molecule has 7 nitrogen and oxygen atoms in total. The number of nitrogens with two attached hydrogens (primary N) is 2. The molecule has 1 saturated carbocycles. The van der Waals surface area contributed by atoms with Crippen molar-refractivity contribution in [2.45, 2.75) is 51.1 Å². The molecular formula is C17H24FN5O2. The Kier molecular flexibility index (Phi) is 6.08. The first-order valence-corrected chi connectivity index (χ1v) is 8.27. The second kappa shape index (κ2) is 8.06. The van der Waals surface area contributed by atoms with Crippen LogP contribution in [0, 0.1) is 11.2 Å². The van der Waals surface area contributed by atoms with Gasteiger partial charge in [0.05, 0.1) is 23.4 Å². The lowest BCUT2D eigenvalue weighted by Crippen LogP contribution is -2.42. The summed E-state index contributed by atoms with van der Waals surface area (Å²) in [7, 11) is 0. The molecule has 0 saturated heterocycles. The summed E-state index contributed by atoms with van der Waals surface area (Å²) in [6, 6.07) is 2.21. The highest BCUT2D eigenvalue weighted by Crippen LogP contribution is 2.28. The van der Waals surface area contributed by atoms with E-state index in [1.165, 1.54) is 13.0 Å². The molecule has 1 aromatic rings. The Hall–Kier alpha value is -2.48. The zero-order valence-corrected chi connectivity index (χ0v) is 14.2. The van der Waals surface area contributed by atoms with E-state index in [0.29, 0.717) is 0 Å². The van der Waals surface area contributed by atoms with Gasteiger partial charge in [0.2, 0.25) is 5.91 Å². The van der Waals surface area contributed by atoms with Crippen LogP contribution >= 0.6 is 0 Å². The van der Waals surface area contributed by atoms with Crippen LogP contribution in [0.2, 0.25) is 0 Å². The first-order chi connectivity index (χ1) is 11.8. The molecule has 8 heteroatoms. The summed E-state index contributed by atoms with van der Waals surface area (Å²) in [5, 5.41) is 13.0. The average molecular weight is 349 g/mol. The molecule has 1 aromatic carbocycles. The van der Waals surface area contributed by atoms with E-state index in [1.54, 1.807) is 0 Å². The van der Waals surface area contributed by atoms with Gasteiger partial charge < -0.3 is 27.5 Å². The van der Waals surface area contributed by atoms with Gasteiger partial charge in [-0.1, -0.05) is 12.8 Å². The van der Waals surface area contributed by atoms with Crippen molar-refractivity contribution < 1.29 is 14.0 Å². The molecule has 0 radical (unpaired) electrons. The number of halogens is 1. The van der Waals surface area contributed by atoms with Crippen molar-refractivity contribution in [2.75, 3.05) is 10.6 Å². The molecular weight excluding hydrogens is 325 g/mol. The van der Waals surface area contributed by atoms with Crippen LogP contribution in [0.15, 0.2) is 12.1 Å². The van der Waals surface area contributed by atoms with E-state index in [4.69, 9.17) is 16.9 Å². The normalized spacial score (nSPS) is 20.0. The van der Waals surface area contributed by atoms with Crippen LogP contribution in [0.4, 0.5) is 15.8 Å². The van der Waals surface area contributed by atoms with Gasteiger partial charge >= 0.3 is 0 Å². The summed E-state index contributed by atoms with van der Waals surface area (Å²) in [6.07, 6.45) is 3.63. The molecule has 0 spiro atoms. The Bertz CT molecular complexity index is 692. The van der Waals surface area contributed by atoms with Gasteiger partial charge in [-0.25, -0.2) is 4.39 Å². The zero-order chi connectivity index (χ0) is 18.6. The molecule has 2 amide bonds. The van der Waals surface area contributed by atoms with E-state index in [0.717, 1.165) is 31.7 Å². The van der Waals surface area contributed by atoms with Crippen LogP contribution in [-0.2, 0) is 4.79 Å². The third-order valence-corrected chi connectivity index (χ3v) is 4.23. The van der Waals surface area contributed by atoms with E-state index in [2.05, 4.69) is 10.6 Å². The highest BCUT2D eigenvalue weighted by atomic mass is 19.1. The highest BCUT2D eigenvalue weighted by Gasteiger charge is 2.24. The first-order valence-electron chi connectivity index (χ1n) is 8.27. The SMILES string of the molecule is CC(=N)CC(=O)Nc1cc(NC2CCCCC2N)c(F)cc1C(N)=O.